The van der Waals surface area contributed by atoms with E-state index < -0.39 is 5.97 Å². The van der Waals surface area contributed by atoms with Crippen molar-refractivity contribution >= 4 is 28.5 Å². The number of carbonyl (C=O) groups excluding carboxylic acids is 2. The van der Waals surface area contributed by atoms with Gasteiger partial charge in [0.25, 0.3) is 5.91 Å². The quantitative estimate of drug-likeness (QED) is 0.494. The Morgan fingerprint density at radius 1 is 1.03 bits per heavy atom. The maximum Gasteiger partial charge on any atom is 0.337 e. The molecule has 2 aromatic carbocycles. The normalized spacial score (nSPS) is 10.6. The zero-order valence-electron chi connectivity index (χ0n) is 16.1. The Kier molecular flexibility index (Phi) is 5.31. The summed E-state index contributed by atoms with van der Waals surface area (Å²) in [5, 5.41) is 11.4. The third-order valence-corrected chi connectivity index (χ3v) is 4.95. The van der Waals surface area contributed by atoms with E-state index >= 15 is 0 Å². The van der Waals surface area contributed by atoms with Crippen molar-refractivity contribution in [2.24, 2.45) is 0 Å². The van der Waals surface area contributed by atoms with Crippen LogP contribution in [0.4, 0.5) is 5.13 Å². The number of benzene rings is 2. The molecule has 0 spiro atoms. The SMILES string of the molecule is COC(=O)c1ccc(-n2nnc(-c3nsc(NC(=O)c4ccccc4)n3)c2C)cc1. The van der Waals surface area contributed by atoms with Gasteiger partial charge in [0.15, 0.2) is 11.5 Å². The first-order chi connectivity index (χ1) is 14.6. The first-order valence-electron chi connectivity index (χ1n) is 8.88. The number of hydrogen-bond donors (Lipinski definition) is 1. The van der Waals surface area contributed by atoms with Gasteiger partial charge in [-0.3, -0.25) is 10.1 Å². The Bertz CT molecular complexity index is 1200. The van der Waals surface area contributed by atoms with Crippen LogP contribution in [0.5, 0.6) is 0 Å². The van der Waals surface area contributed by atoms with Gasteiger partial charge >= 0.3 is 5.97 Å². The van der Waals surface area contributed by atoms with Gasteiger partial charge in [0.05, 0.1) is 24.1 Å². The molecule has 10 heteroatoms. The lowest BCUT2D eigenvalue weighted by Gasteiger charge is -2.04. The van der Waals surface area contributed by atoms with Gasteiger partial charge in [-0.1, -0.05) is 23.4 Å². The predicted molar refractivity (Wildman–Crippen MR) is 111 cm³/mol. The zero-order valence-corrected chi connectivity index (χ0v) is 16.9. The molecule has 0 saturated heterocycles. The Hall–Kier alpha value is -3.92. The predicted octanol–water partition coefficient (Wildman–Crippen LogP) is 3.13. The van der Waals surface area contributed by atoms with Gasteiger partial charge < -0.3 is 4.74 Å². The molecule has 0 fully saturated rings. The summed E-state index contributed by atoms with van der Waals surface area (Å²) in [6.07, 6.45) is 0. The molecule has 0 saturated carbocycles. The van der Waals surface area contributed by atoms with E-state index in [1.54, 1.807) is 53.2 Å². The third kappa shape index (κ3) is 3.80. The van der Waals surface area contributed by atoms with Crippen molar-refractivity contribution in [1.82, 2.24) is 24.4 Å². The van der Waals surface area contributed by atoms with E-state index in [0.29, 0.717) is 27.8 Å². The zero-order chi connectivity index (χ0) is 21.1. The standard InChI is InChI=1S/C20H16N6O3S/c1-12-16(23-25-26(12)15-10-8-14(9-11-15)19(28)29-2)17-21-20(30-24-17)22-18(27)13-6-4-3-5-7-13/h3-11H,1-2H3,(H,21,22,24,27). The molecule has 1 N–H and O–H groups in total. The van der Waals surface area contributed by atoms with Crippen LogP contribution in [0, 0.1) is 6.92 Å². The average molecular weight is 420 g/mol. The van der Waals surface area contributed by atoms with Crippen molar-refractivity contribution in [2.45, 2.75) is 6.92 Å². The van der Waals surface area contributed by atoms with Gasteiger partial charge in [0.1, 0.15) is 0 Å². The molecule has 2 heterocycles. The summed E-state index contributed by atoms with van der Waals surface area (Å²) in [5.41, 5.74) is 2.93. The molecule has 2 aromatic heterocycles. The van der Waals surface area contributed by atoms with Crippen LogP contribution in [0.1, 0.15) is 26.4 Å². The molecule has 0 atom stereocenters. The highest BCUT2D eigenvalue weighted by Gasteiger charge is 2.18. The van der Waals surface area contributed by atoms with Crippen LogP contribution in [0.2, 0.25) is 0 Å². The topological polar surface area (TPSA) is 112 Å². The molecule has 4 aromatic rings. The molecule has 0 radical (unpaired) electrons. The monoisotopic (exact) mass is 420 g/mol. The molecule has 1 amide bonds. The van der Waals surface area contributed by atoms with E-state index in [1.165, 1.54) is 7.11 Å². The minimum Gasteiger partial charge on any atom is -0.465 e. The number of anilines is 1. The summed E-state index contributed by atoms with van der Waals surface area (Å²) < 4.78 is 10.6. The summed E-state index contributed by atoms with van der Waals surface area (Å²) in [5.74, 6) is -0.294. The Balaban J connectivity index is 1.54. The van der Waals surface area contributed by atoms with Crippen LogP contribution in [0.25, 0.3) is 17.2 Å². The molecule has 150 valence electrons. The van der Waals surface area contributed by atoms with E-state index in [1.807, 2.05) is 13.0 Å². The van der Waals surface area contributed by atoms with Crippen molar-refractivity contribution in [1.29, 1.82) is 0 Å². The number of nitrogens with one attached hydrogen (secondary N) is 1. The van der Waals surface area contributed by atoms with E-state index in [9.17, 15) is 9.59 Å². The Morgan fingerprint density at radius 3 is 2.47 bits per heavy atom. The number of esters is 1. The third-order valence-electron chi connectivity index (χ3n) is 4.32. The fourth-order valence-electron chi connectivity index (χ4n) is 2.77. The van der Waals surface area contributed by atoms with E-state index in [0.717, 1.165) is 22.9 Å². The number of carbonyl (C=O) groups is 2. The van der Waals surface area contributed by atoms with Crippen LogP contribution < -0.4 is 5.32 Å². The number of amides is 1. The maximum absolute atomic E-state index is 12.3. The summed E-state index contributed by atoms with van der Waals surface area (Å²) in [6, 6.07) is 15.7. The Labute approximate surface area is 175 Å². The largest absolute Gasteiger partial charge is 0.465 e. The molecule has 30 heavy (non-hydrogen) atoms. The second-order valence-corrected chi connectivity index (χ2v) is 6.97. The smallest absolute Gasteiger partial charge is 0.337 e. The second kappa shape index (κ2) is 8.21. The van der Waals surface area contributed by atoms with Crippen molar-refractivity contribution in [3.63, 3.8) is 0 Å². The van der Waals surface area contributed by atoms with Gasteiger partial charge in [-0.25, -0.2) is 9.48 Å². The molecular weight excluding hydrogens is 404 g/mol. The molecule has 4 rings (SSSR count). The highest BCUT2D eigenvalue weighted by molar-refractivity contribution is 7.10. The average Bonchev–Trinajstić information content (AvgIpc) is 3.40. The number of aromatic nitrogens is 5. The number of nitrogens with zero attached hydrogens (tertiary/aromatic N) is 5. The number of rotatable bonds is 5. The lowest BCUT2D eigenvalue weighted by molar-refractivity contribution is 0.0600. The lowest BCUT2D eigenvalue weighted by Crippen LogP contribution is -2.11. The van der Waals surface area contributed by atoms with Crippen molar-refractivity contribution in [3.8, 4) is 17.2 Å². The number of methoxy groups -OCH3 is 1. The van der Waals surface area contributed by atoms with Gasteiger partial charge in [-0.15, -0.1) is 5.10 Å². The van der Waals surface area contributed by atoms with Crippen LogP contribution in [0.15, 0.2) is 54.6 Å². The van der Waals surface area contributed by atoms with Gasteiger partial charge in [0.2, 0.25) is 5.13 Å². The second-order valence-electron chi connectivity index (χ2n) is 6.22. The summed E-state index contributed by atoms with van der Waals surface area (Å²) in [7, 11) is 1.33. The number of ether oxygens (including phenoxy) is 1. The minimum atomic E-state index is -0.408. The van der Waals surface area contributed by atoms with Crippen molar-refractivity contribution < 1.29 is 14.3 Å². The van der Waals surface area contributed by atoms with Crippen LogP contribution in [0.3, 0.4) is 0 Å². The molecular formula is C20H16N6O3S. The minimum absolute atomic E-state index is 0.260. The van der Waals surface area contributed by atoms with Crippen molar-refractivity contribution in [2.75, 3.05) is 12.4 Å². The van der Waals surface area contributed by atoms with Gasteiger partial charge in [-0.05, 0) is 43.3 Å². The number of hydrogen-bond acceptors (Lipinski definition) is 8. The van der Waals surface area contributed by atoms with Crippen LogP contribution in [-0.4, -0.2) is 43.3 Å². The van der Waals surface area contributed by atoms with E-state index in [4.69, 9.17) is 4.74 Å². The Morgan fingerprint density at radius 2 is 1.77 bits per heavy atom. The fraction of sp³-hybridized carbons (Fsp3) is 0.100. The molecule has 0 unspecified atom stereocenters. The fourth-order valence-corrected chi connectivity index (χ4v) is 3.33. The van der Waals surface area contributed by atoms with Gasteiger partial charge in [-0.2, -0.15) is 9.36 Å². The summed E-state index contributed by atoms with van der Waals surface area (Å²) in [6.45, 7) is 1.84. The lowest BCUT2D eigenvalue weighted by atomic mass is 10.2. The molecule has 0 aliphatic carbocycles. The van der Waals surface area contributed by atoms with Crippen molar-refractivity contribution in [3.05, 3.63) is 71.4 Å². The van der Waals surface area contributed by atoms with E-state index in [2.05, 4.69) is 25.0 Å². The molecule has 0 bridgehead atoms. The maximum atomic E-state index is 12.3. The summed E-state index contributed by atoms with van der Waals surface area (Å²) >= 11 is 1.07. The molecule has 0 aliphatic heterocycles. The molecule has 0 aliphatic rings. The van der Waals surface area contributed by atoms with Crippen LogP contribution in [-0.2, 0) is 4.74 Å². The van der Waals surface area contributed by atoms with Crippen LogP contribution >= 0.6 is 11.5 Å². The van der Waals surface area contributed by atoms with E-state index in [-0.39, 0.29) is 5.91 Å². The summed E-state index contributed by atoms with van der Waals surface area (Å²) in [4.78, 5) is 28.2. The first-order valence-corrected chi connectivity index (χ1v) is 9.65. The van der Waals surface area contributed by atoms with Gasteiger partial charge in [0, 0.05) is 17.1 Å². The first kappa shape index (κ1) is 19.4. The highest BCUT2D eigenvalue weighted by Crippen LogP contribution is 2.24. The highest BCUT2D eigenvalue weighted by atomic mass is 32.1. The molecule has 9 nitrogen and oxygen atoms in total.